The van der Waals surface area contributed by atoms with Gasteiger partial charge >= 0.3 is 0 Å². The second-order valence-electron chi connectivity index (χ2n) is 6.53. The maximum atomic E-state index is 6.24. The molecule has 1 fully saturated rings. The Morgan fingerprint density at radius 3 is 2.70 bits per heavy atom. The average Bonchev–Trinajstić information content (AvgIpc) is 2.45. The van der Waals surface area contributed by atoms with Crippen LogP contribution in [0.15, 0.2) is 12.2 Å². The van der Waals surface area contributed by atoms with Crippen molar-refractivity contribution in [3.05, 3.63) is 12.2 Å². The highest BCUT2D eigenvalue weighted by molar-refractivity contribution is 6.41. The van der Waals surface area contributed by atoms with Gasteiger partial charge in [-0.2, -0.15) is 0 Å². The van der Waals surface area contributed by atoms with Gasteiger partial charge in [0.05, 0.1) is 6.10 Å². The lowest BCUT2D eigenvalue weighted by molar-refractivity contribution is -0.277. The zero-order valence-corrected chi connectivity index (χ0v) is 13.4. The van der Waals surface area contributed by atoms with Crippen LogP contribution in [0.2, 0.25) is 11.6 Å². The van der Waals surface area contributed by atoms with Crippen LogP contribution in [-0.4, -0.2) is 25.8 Å². The molecule has 0 saturated carbocycles. The van der Waals surface area contributed by atoms with Gasteiger partial charge in [-0.15, -0.1) is 0 Å². The number of rotatable bonds is 7. The van der Waals surface area contributed by atoms with E-state index in [9.17, 15) is 0 Å². The van der Waals surface area contributed by atoms with Crippen molar-refractivity contribution in [3.8, 4) is 0 Å². The molecule has 0 aromatic carbocycles. The predicted octanol–water partition coefficient (Wildman–Crippen LogP) is 4.74. The van der Waals surface area contributed by atoms with Crippen LogP contribution in [0.3, 0.4) is 0 Å². The number of unbranched alkanes of at least 4 members (excludes halogenated alkanes) is 3. The van der Waals surface area contributed by atoms with E-state index in [1.807, 2.05) is 0 Å². The Hall–Kier alpha value is -0.275. The van der Waals surface area contributed by atoms with Gasteiger partial charge in [0, 0.05) is 13.0 Å². The summed E-state index contributed by atoms with van der Waals surface area (Å²) in [4.78, 5) is 0. The molecule has 2 aliphatic heterocycles. The molecular formula is C17H30BO2. The molecule has 2 aliphatic rings. The van der Waals surface area contributed by atoms with E-state index in [2.05, 4.69) is 40.2 Å². The van der Waals surface area contributed by atoms with Crippen molar-refractivity contribution in [1.29, 1.82) is 0 Å². The van der Waals surface area contributed by atoms with Crippen LogP contribution in [0.25, 0.3) is 0 Å². The van der Waals surface area contributed by atoms with Gasteiger partial charge in [0.1, 0.15) is 7.28 Å². The second-order valence-corrected chi connectivity index (χ2v) is 6.53. The summed E-state index contributed by atoms with van der Waals surface area (Å²) in [7, 11) is 2.45. The fourth-order valence-corrected chi connectivity index (χ4v) is 3.22. The third-order valence-corrected chi connectivity index (χ3v) is 4.56. The van der Waals surface area contributed by atoms with E-state index >= 15 is 0 Å². The summed E-state index contributed by atoms with van der Waals surface area (Å²) >= 11 is 0. The molecule has 0 spiro atoms. The van der Waals surface area contributed by atoms with Gasteiger partial charge in [-0.3, -0.25) is 0 Å². The van der Waals surface area contributed by atoms with Crippen molar-refractivity contribution < 1.29 is 9.47 Å². The molecule has 0 aromatic rings. The van der Waals surface area contributed by atoms with E-state index in [0.717, 1.165) is 13.0 Å². The largest absolute Gasteiger partial charge is 0.351 e. The van der Waals surface area contributed by atoms with E-state index in [0.29, 0.717) is 11.6 Å². The fraction of sp³-hybridized carbons (Fsp3) is 0.882. The third kappa shape index (κ3) is 4.36. The summed E-state index contributed by atoms with van der Waals surface area (Å²) in [5.41, 5.74) is 0. The highest BCUT2D eigenvalue weighted by atomic mass is 16.7. The average molecular weight is 277 g/mol. The fourth-order valence-electron chi connectivity index (χ4n) is 3.22. The third-order valence-electron chi connectivity index (χ3n) is 4.56. The first-order valence-electron chi connectivity index (χ1n) is 8.52. The molecule has 2 rings (SSSR count). The van der Waals surface area contributed by atoms with Gasteiger partial charge < -0.3 is 9.47 Å². The first-order chi connectivity index (χ1) is 9.67. The molecule has 113 valence electrons. The summed E-state index contributed by atoms with van der Waals surface area (Å²) in [6.07, 6.45) is 13.4. The first-order valence-corrected chi connectivity index (χ1v) is 8.52. The van der Waals surface area contributed by atoms with Crippen molar-refractivity contribution in [2.75, 3.05) is 6.61 Å². The van der Waals surface area contributed by atoms with Crippen molar-refractivity contribution in [1.82, 2.24) is 0 Å². The molecule has 1 saturated heterocycles. The normalized spacial score (nSPS) is 36.5. The minimum atomic E-state index is -0.370. The Labute approximate surface area is 125 Å². The number of hydrogen-bond donors (Lipinski definition) is 0. The van der Waals surface area contributed by atoms with Crippen molar-refractivity contribution in [2.45, 2.75) is 89.2 Å². The molecule has 3 heteroatoms. The Kier molecular flexibility index (Phi) is 6.16. The SMILES string of the molecule is CCCCCC1(C)OC[C@H]2[B]C(CCCC)C=C[C@H]2O1. The lowest BCUT2D eigenvalue weighted by Gasteiger charge is -2.44. The van der Waals surface area contributed by atoms with Gasteiger partial charge in [-0.05, 0) is 19.2 Å². The van der Waals surface area contributed by atoms with Crippen LogP contribution in [0.1, 0.15) is 65.7 Å². The standard InChI is InChI=1S/C17H30BO2/c1-4-6-8-12-17(3)19-13-15-16(20-17)11-10-14(18-15)9-7-5-2/h10-11,14-16H,4-9,12-13H2,1-3H3/t14?,15-,16-,17?/m1/s1. The zero-order valence-electron chi connectivity index (χ0n) is 13.4. The molecule has 0 aromatic heterocycles. The number of hydrogen-bond acceptors (Lipinski definition) is 2. The summed E-state index contributed by atoms with van der Waals surface area (Å²) < 4.78 is 12.3. The minimum absolute atomic E-state index is 0.230. The summed E-state index contributed by atoms with van der Waals surface area (Å²) in [6, 6.07) is 0. The van der Waals surface area contributed by atoms with Crippen molar-refractivity contribution in [2.24, 2.45) is 0 Å². The zero-order chi connectivity index (χ0) is 14.4. The number of ether oxygens (including phenoxy) is 2. The highest BCUT2D eigenvalue weighted by Crippen LogP contribution is 2.39. The Bertz CT molecular complexity index is 318. The lowest BCUT2D eigenvalue weighted by Crippen LogP contribution is -2.47. The Morgan fingerprint density at radius 1 is 1.15 bits per heavy atom. The summed E-state index contributed by atoms with van der Waals surface area (Å²) in [6.45, 7) is 7.41. The topological polar surface area (TPSA) is 18.5 Å². The van der Waals surface area contributed by atoms with Crippen LogP contribution in [-0.2, 0) is 9.47 Å². The molecule has 2 unspecified atom stereocenters. The molecule has 0 amide bonds. The maximum Gasteiger partial charge on any atom is 0.166 e. The van der Waals surface area contributed by atoms with E-state index < -0.39 is 0 Å². The Morgan fingerprint density at radius 2 is 1.95 bits per heavy atom. The van der Waals surface area contributed by atoms with E-state index in [4.69, 9.17) is 9.47 Å². The van der Waals surface area contributed by atoms with Gasteiger partial charge in [0.2, 0.25) is 0 Å². The van der Waals surface area contributed by atoms with Crippen LogP contribution < -0.4 is 0 Å². The van der Waals surface area contributed by atoms with Crippen LogP contribution >= 0.6 is 0 Å². The second kappa shape index (κ2) is 7.65. The quantitative estimate of drug-likeness (QED) is 0.380. The molecule has 20 heavy (non-hydrogen) atoms. The van der Waals surface area contributed by atoms with E-state index in [1.54, 1.807) is 0 Å². The smallest absolute Gasteiger partial charge is 0.166 e. The summed E-state index contributed by atoms with van der Waals surface area (Å²) in [5.74, 6) is 0.694. The lowest BCUT2D eigenvalue weighted by atomic mass is 9.49. The highest BCUT2D eigenvalue weighted by Gasteiger charge is 2.40. The van der Waals surface area contributed by atoms with Crippen LogP contribution in [0, 0.1) is 0 Å². The molecule has 0 N–H and O–H groups in total. The minimum Gasteiger partial charge on any atom is -0.351 e. The van der Waals surface area contributed by atoms with Gasteiger partial charge in [0.15, 0.2) is 5.79 Å². The molecule has 2 heterocycles. The molecule has 0 bridgehead atoms. The maximum absolute atomic E-state index is 6.24. The molecular weight excluding hydrogens is 247 g/mol. The Balaban J connectivity index is 1.84. The van der Waals surface area contributed by atoms with Crippen molar-refractivity contribution >= 4 is 7.28 Å². The van der Waals surface area contributed by atoms with Crippen LogP contribution in [0.5, 0.6) is 0 Å². The van der Waals surface area contributed by atoms with Gasteiger partial charge in [-0.1, -0.05) is 63.9 Å². The first kappa shape index (κ1) is 16.1. The number of fused-ring (bicyclic) bond motifs is 1. The van der Waals surface area contributed by atoms with Gasteiger partial charge in [-0.25, -0.2) is 0 Å². The van der Waals surface area contributed by atoms with E-state index in [1.165, 1.54) is 38.5 Å². The predicted molar refractivity (Wildman–Crippen MR) is 85.3 cm³/mol. The van der Waals surface area contributed by atoms with Crippen molar-refractivity contribution in [3.63, 3.8) is 0 Å². The monoisotopic (exact) mass is 277 g/mol. The molecule has 4 atom stereocenters. The summed E-state index contributed by atoms with van der Waals surface area (Å²) in [5, 5.41) is 0. The molecule has 1 radical (unpaired) electrons. The van der Waals surface area contributed by atoms with E-state index in [-0.39, 0.29) is 11.9 Å². The molecule has 2 nitrogen and oxygen atoms in total. The van der Waals surface area contributed by atoms with Crippen LogP contribution in [0.4, 0.5) is 0 Å². The van der Waals surface area contributed by atoms with Gasteiger partial charge in [0.25, 0.3) is 0 Å². The number of allylic oxidation sites excluding steroid dienone is 1. The molecule has 0 aliphatic carbocycles.